The number of aryl methyl sites for hydroxylation is 1. The number of benzene rings is 1. The SMILES string of the molecule is Cc1cc(NC(=O)CCCCl)ccc1Cl. The van der Waals surface area contributed by atoms with Gasteiger partial charge in [-0.1, -0.05) is 11.6 Å². The van der Waals surface area contributed by atoms with Crippen molar-refractivity contribution in [1.29, 1.82) is 0 Å². The third-order valence-electron chi connectivity index (χ3n) is 1.98. The second-order valence-corrected chi connectivity index (χ2v) is 4.09. The standard InChI is InChI=1S/C11H13Cl2NO/c1-8-7-9(4-5-10(8)13)14-11(15)3-2-6-12/h4-5,7H,2-3,6H2,1H3,(H,14,15). The number of alkyl halides is 1. The predicted molar refractivity (Wildman–Crippen MR) is 64.8 cm³/mol. The first-order chi connectivity index (χ1) is 7.13. The molecule has 1 aromatic rings. The van der Waals surface area contributed by atoms with Crippen LogP contribution in [0.2, 0.25) is 5.02 Å². The van der Waals surface area contributed by atoms with Crippen LogP contribution in [0.15, 0.2) is 18.2 Å². The second-order valence-electron chi connectivity index (χ2n) is 3.30. The van der Waals surface area contributed by atoms with E-state index in [4.69, 9.17) is 23.2 Å². The van der Waals surface area contributed by atoms with Crippen molar-refractivity contribution in [2.75, 3.05) is 11.2 Å². The lowest BCUT2D eigenvalue weighted by Crippen LogP contribution is -2.11. The fraction of sp³-hybridized carbons (Fsp3) is 0.364. The van der Waals surface area contributed by atoms with Gasteiger partial charge in [-0.25, -0.2) is 0 Å². The summed E-state index contributed by atoms with van der Waals surface area (Å²) in [5.74, 6) is 0.491. The Kier molecular flexibility index (Phi) is 4.92. The Labute approximate surface area is 99.6 Å². The van der Waals surface area contributed by atoms with Gasteiger partial charge in [-0.2, -0.15) is 0 Å². The van der Waals surface area contributed by atoms with Crippen molar-refractivity contribution in [3.63, 3.8) is 0 Å². The fourth-order valence-corrected chi connectivity index (χ4v) is 1.42. The Morgan fingerprint density at radius 1 is 1.47 bits per heavy atom. The molecule has 0 fully saturated rings. The molecule has 0 radical (unpaired) electrons. The van der Waals surface area contributed by atoms with Crippen LogP contribution in [0.25, 0.3) is 0 Å². The summed E-state index contributed by atoms with van der Waals surface area (Å²) in [7, 11) is 0. The molecule has 0 unspecified atom stereocenters. The Balaban J connectivity index is 2.57. The van der Waals surface area contributed by atoms with E-state index in [9.17, 15) is 4.79 Å². The van der Waals surface area contributed by atoms with Gasteiger partial charge in [0.15, 0.2) is 0 Å². The molecule has 0 aliphatic carbocycles. The molecule has 0 atom stereocenters. The summed E-state index contributed by atoms with van der Waals surface area (Å²) < 4.78 is 0. The molecule has 2 nitrogen and oxygen atoms in total. The minimum Gasteiger partial charge on any atom is -0.326 e. The lowest BCUT2D eigenvalue weighted by Gasteiger charge is -2.06. The van der Waals surface area contributed by atoms with E-state index in [1.165, 1.54) is 0 Å². The smallest absolute Gasteiger partial charge is 0.224 e. The van der Waals surface area contributed by atoms with Crippen molar-refractivity contribution in [1.82, 2.24) is 0 Å². The molecule has 0 aliphatic rings. The summed E-state index contributed by atoms with van der Waals surface area (Å²) >= 11 is 11.4. The Morgan fingerprint density at radius 2 is 2.20 bits per heavy atom. The van der Waals surface area contributed by atoms with Crippen molar-refractivity contribution in [3.8, 4) is 0 Å². The zero-order valence-electron chi connectivity index (χ0n) is 8.52. The van der Waals surface area contributed by atoms with E-state index in [2.05, 4.69) is 5.32 Å². The molecule has 0 saturated carbocycles. The van der Waals surface area contributed by atoms with Crippen molar-refractivity contribution >= 4 is 34.8 Å². The summed E-state index contributed by atoms with van der Waals surface area (Å²) in [4.78, 5) is 11.4. The van der Waals surface area contributed by atoms with Gasteiger partial charge in [-0.05, 0) is 37.1 Å². The topological polar surface area (TPSA) is 29.1 Å². The van der Waals surface area contributed by atoms with Crippen LogP contribution in [0.5, 0.6) is 0 Å². The van der Waals surface area contributed by atoms with Crippen LogP contribution in [0.1, 0.15) is 18.4 Å². The minimum absolute atomic E-state index is 0.0163. The molecule has 15 heavy (non-hydrogen) atoms. The molecule has 0 saturated heterocycles. The van der Waals surface area contributed by atoms with Crippen LogP contribution in [0.4, 0.5) is 5.69 Å². The number of hydrogen-bond acceptors (Lipinski definition) is 1. The first-order valence-corrected chi connectivity index (χ1v) is 5.66. The number of carbonyl (C=O) groups excluding carboxylic acids is 1. The molecule has 0 heterocycles. The van der Waals surface area contributed by atoms with Gasteiger partial charge in [-0.15, -0.1) is 11.6 Å². The van der Waals surface area contributed by atoms with Crippen molar-refractivity contribution in [2.24, 2.45) is 0 Å². The van der Waals surface area contributed by atoms with Gasteiger partial charge in [0.2, 0.25) is 5.91 Å². The average molecular weight is 246 g/mol. The molecule has 0 spiro atoms. The molecular weight excluding hydrogens is 233 g/mol. The molecule has 1 aromatic carbocycles. The van der Waals surface area contributed by atoms with Crippen LogP contribution in [0, 0.1) is 6.92 Å². The van der Waals surface area contributed by atoms with Gasteiger partial charge in [0, 0.05) is 23.0 Å². The summed E-state index contributed by atoms with van der Waals surface area (Å²) in [6.07, 6.45) is 1.14. The number of nitrogens with one attached hydrogen (secondary N) is 1. The van der Waals surface area contributed by atoms with Gasteiger partial charge in [0.05, 0.1) is 0 Å². The number of rotatable bonds is 4. The summed E-state index contributed by atoms with van der Waals surface area (Å²) in [5, 5.41) is 3.49. The highest BCUT2D eigenvalue weighted by Crippen LogP contribution is 2.19. The van der Waals surface area contributed by atoms with E-state index < -0.39 is 0 Å². The first-order valence-electron chi connectivity index (χ1n) is 4.75. The largest absolute Gasteiger partial charge is 0.326 e. The normalized spacial score (nSPS) is 10.1. The van der Waals surface area contributed by atoms with Crippen LogP contribution in [-0.4, -0.2) is 11.8 Å². The lowest BCUT2D eigenvalue weighted by molar-refractivity contribution is -0.116. The number of amides is 1. The number of anilines is 1. The van der Waals surface area contributed by atoms with Crippen LogP contribution in [0.3, 0.4) is 0 Å². The van der Waals surface area contributed by atoms with Crippen LogP contribution >= 0.6 is 23.2 Å². The van der Waals surface area contributed by atoms with E-state index in [1.54, 1.807) is 12.1 Å². The highest BCUT2D eigenvalue weighted by Gasteiger charge is 2.02. The molecule has 4 heteroatoms. The lowest BCUT2D eigenvalue weighted by atomic mass is 10.2. The average Bonchev–Trinajstić information content (AvgIpc) is 2.20. The minimum atomic E-state index is -0.0163. The highest BCUT2D eigenvalue weighted by atomic mass is 35.5. The zero-order chi connectivity index (χ0) is 11.3. The monoisotopic (exact) mass is 245 g/mol. The maximum Gasteiger partial charge on any atom is 0.224 e. The molecule has 0 aliphatic heterocycles. The molecule has 1 rings (SSSR count). The summed E-state index contributed by atoms with van der Waals surface area (Å²) in [6.45, 7) is 1.90. The van der Waals surface area contributed by atoms with Gasteiger partial charge in [0.1, 0.15) is 0 Å². The third-order valence-corrected chi connectivity index (χ3v) is 2.67. The molecule has 82 valence electrons. The summed E-state index contributed by atoms with van der Waals surface area (Å²) in [6, 6.07) is 5.41. The molecule has 0 bridgehead atoms. The highest BCUT2D eigenvalue weighted by molar-refractivity contribution is 6.31. The Morgan fingerprint density at radius 3 is 2.80 bits per heavy atom. The number of hydrogen-bond donors (Lipinski definition) is 1. The van der Waals surface area contributed by atoms with Crippen molar-refractivity contribution in [3.05, 3.63) is 28.8 Å². The maximum absolute atomic E-state index is 11.4. The Bertz CT molecular complexity index is 352. The van der Waals surface area contributed by atoms with E-state index in [1.807, 2.05) is 13.0 Å². The van der Waals surface area contributed by atoms with Crippen LogP contribution in [-0.2, 0) is 4.79 Å². The molecular formula is C11H13Cl2NO. The van der Waals surface area contributed by atoms with Gasteiger partial charge in [-0.3, -0.25) is 4.79 Å². The van der Waals surface area contributed by atoms with E-state index in [0.717, 1.165) is 11.3 Å². The van der Waals surface area contributed by atoms with Crippen LogP contribution < -0.4 is 5.32 Å². The molecule has 1 amide bonds. The van der Waals surface area contributed by atoms with Gasteiger partial charge < -0.3 is 5.32 Å². The third kappa shape index (κ3) is 4.10. The second kappa shape index (κ2) is 5.99. The van der Waals surface area contributed by atoms with E-state index in [0.29, 0.717) is 23.7 Å². The summed E-state index contributed by atoms with van der Waals surface area (Å²) in [5.41, 5.74) is 1.73. The fourth-order valence-electron chi connectivity index (χ4n) is 1.17. The number of halogens is 2. The van der Waals surface area contributed by atoms with Gasteiger partial charge >= 0.3 is 0 Å². The van der Waals surface area contributed by atoms with Gasteiger partial charge in [0.25, 0.3) is 0 Å². The molecule has 1 N–H and O–H groups in total. The quantitative estimate of drug-likeness (QED) is 0.808. The van der Waals surface area contributed by atoms with Crippen molar-refractivity contribution < 1.29 is 4.79 Å². The van der Waals surface area contributed by atoms with E-state index >= 15 is 0 Å². The Hall–Kier alpha value is -0.730. The number of carbonyl (C=O) groups is 1. The zero-order valence-corrected chi connectivity index (χ0v) is 10.0. The first kappa shape index (κ1) is 12.3. The predicted octanol–water partition coefficient (Wildman–Crippen LogP) is 3.61. The molecule has 0 aromatic heterocycles. The van der Waals surface area contributed by atoms with E-state index in [-0.39, 0.29) is 5.91 Å². The maximum atomic E-state index is 11.4. The van der Waals surface area contributed by atoms with Crippen molar-refractivity contribution in [2.45, 2.75) is 19.8 Å².